The lowest BCUT2D eigenvalue weighted by molar-refractivity contribution is -0.117. The van der Waals surface area contributed by atoms with Gasteiger partial charge in [-0.05, 0) is 67.1 Å². The summed E-state index contributed by atoms with van der Waals surface area (Å²) in [7, 11) is -2.79. The molecule has 0 atom stereocenters. The molecule has 10 heteroatoms. The number of benzene rings is 3. The number of carbonyl (C=O) groups is 3. The molecule has 0 bridgehead atoms. The highest BCUT2D eigenvalue weighted by Gasteiger charge is 2.35. The average Bonchev–Trinajstić information content (AvgIpc) is 3.10. The predicted octanol–water partition coefficient (Wildman–Crippen LogP) is 4.15. The number of ether oxygens (including phenoxy) is 1. The number of carbonyl (C=O) groups excluding carboxylic acids is 3. The quantitative estimate of drug-likeness (QED) is 0.420. The molecular weight excluding hydrogens is 492 g/mol. The van der Waals surface area contributed by atoms with Gasteiger partial charge >= 0.3 is 0 Å². The molecule has 0 N–H and O–H groups in total. The van der Waals surface area contributed by atoms with Crippen molar-refractivity contribution in [1.82, 2.24) is 4.90 Å². The number of amides is 3. The summed E-state index contributed by atoms with van der Waals surface area (Å²) in [5.41, 5.74) is 0.759. The third kappa shape index (κ3) is 4.78. The number of rotatable bonds is 8. The van der Waals surface area contributed by atoms with Crippen molar-refractivity contribution < 1.29 is 27.5 Å². The van der Waals surface area contributed by atoms with E-state index in [0.29, 0.717) is 21.9 Å². The van der Waals surface area contributed by atoms with E-state index in [1.54, 1.807) is 36.4 Å². The summed E-state index contributed by atoms with van der Waals surface area (Å²) in [5, 5.41) is 0.354. The zero-order valence-corrected chi connectivity index (χ0v) is 20.3. The minimum atomic E-state index is -4.27. The Morgan fingerprint density at radius 1 is 0.914 bits per heavy atom. The highest BCUT2D eigenvalue weighted by atomic mass is 35.5. The zero-order chi connectivity index (χ0) is 25.2. The number of hydrogen-bond acceptors (Lipinski definition) is 6. The Labute approximate surface area is 207 Å². The van der Waals surface area contributed by atoms with Crippen LogP contribution in [0.4, 0.5) is 5.69 Å². The van der Waals surface area contributed by atoms with E-state index < -0.39 is 27.7 Å². The summed E-state index contributed by atoms with van der Waals surface area (Å²) in [4.78, 5) is 39.3. The lowest BCUT2D eigenvalue weighted by Crippen LogP contribution is -2.38. The fraction of sp³-hybridized carbons (Fsp3) is 0.160. The molecule has 4 rings (SSSR count). The Hall–Kier alpha value is -3.69. The van der Waals surface area contributed by atoms with Gasteiger partial charge in [0, 0.05) is 18.0 Å². The number of fused-ring (bicyclic) bond motifs is 1. The van der Waals surface area contributed by atoms with Gasteiger partial charge < -0.3 is 4.74 Å². The third-order valence-electron chi connectivity index (χ3n) is 5.54. The first-order valence-corrected chi connectivity index (χ1v) is 12.5. The van der Waals surface area contributed by atoms with Crippen LogP contribution in [0.15, 0.2) is 77.7 Å². The molecule has 0 saturated heterocycles. The van der Waals surface area contributed by atoms with Crippen LogP contribution in [-0.4, -0.2) is 44.7 Å². The predicted molar refractivity (Wildman–Crippen MR) is 130 cm³/mol. The van der Waals surface area contributed by atoms with Crippen LogP contribution in [0.2, 0.25) is 5.02 Å². The van der Waals surface area contributed by atoms with Crippen molar-refractivity contribution in [2.24, 2.45) is 0 Å². The van der Waals surface area contributed by atoms with Crippen molar-refractivity contribution in [3.63, 3.8) is 0 Å². The second-order valence-corrected chi connectivity index (χ2v) is 9.95. The van der Waals surface area contributed by atoms with Crippen molar-refractivity contribution in [3.8, 4) is 5.75 Å². The first-order valence-electron chi connectivity index (χ1n) is 10.7. The molecule has 3 amide bonds. The second kappa shape index (κ2) is 9.89. The second-order valence-electron chi connectivity index (χ2n) is 7.73. The maximum Gasteiger partial charge on any atom is 0.270 e. The van der Waals surface area contributed by atoms with Crippen LogP contribution in [-0.2, 0) is 14.8 Å². The number of methoxy groups -OCH3 is 1. The number of halogens is 1. The Balaban J connectivity index is 1.55. The Morgan fingerprint density at radius 2 is 1.49 bits per heavy atom. The molecule has 3 aromatic rings. The number of sulfonamides is 1. The van der Waals surface area contributed by atoms with Gasteiger partial charge in [-0.15, -0.1) is 0 Å². The number of anilines is 1. The van der Waals surface area contributed by atoms with Gasteiger partial charge in [0.1, 0.15) is 5.75 Å². The smallest absolute Gasteiger partial charge is 0.270 e. The monoisotopic (exact) mass is 512 g/mol. The maximum atomic E-state index is 13.4. The Morgan fingerprint density at radius 3 is 2.03 bits per heavy atom. The van der Waals surface area contributed by atoms with Crippen molar-refractivity contribution >= 4 is 45.0 Å². The van der Waals surface area contributed by atoms with E-state index >= 15 is 0 Å². The van der Waals surface area contributed by atoms with Gasteiger partial charge in [0.25, 0.3) is 21.8 Å². The SMILES string of the molecule is COc1ccc(N(C(=O)CCCN2C(=O)c3ccccc3C2=O)S(=O)(=O)c2ccc(Cl)cc2)cc1. The van der Waals surface area contributed by atoms with Crippen LogP contribution in [0, 0.1) is 0 Å². The number of hydrogen-bond donors (Lipinski definition) is 0. The topological polar surface area (TPSA) is 101 Å². The molecule has 0 spiro atoms. The molecule has 1 heterocycles. The summed E-state index contributed by atoms with van der Waals surface area (Å²) >= 11 is 5.89. The van der Waals surface area contributed by atoms with Crippen molar-refractivity contribution in [2.45, 2.75) is 17.7 Å². The number of nitrogens with zero attached hydrogens (tertiary/aromatic N) is 2. The lowest BCUT2D eigenvalue weighted by Gasteiger charge is -2.23. The summed E-state index contributed by atoms with van der Waals surface area (Å²) in [6.07, 6.45) is -0.126. The molecule has 8 nitrogen and oxygen atoms in total. The van der Waals surface area contributed by atoms with Crippen molar-refractivity contribution in [1.29, 1.82) is 0 Å². The van der Waals surface area contributed by atoms with Crippen LogP contribution in [0.1, 0.15) is 33.6 Å². The minimum Gasteiger partial charge on any atom is -0.497 e. The van der Waals surface area contributed by atoms with E-state index in [0.717, 1.165) is 9.21 Å². The molecule has 3 aromatic carbocycles. The molecule has 0 radical (unpaired) electrons. The van der Waals surface area contributed by atoms with E-state index in [1.165, 1.54) is 43.5 Å². The van der Waals surface area contributed by atoms with Gasteiger partial charge in [0.05, 0.1) is 28.8 Å². The number of imide groups is 1. The molecule has 1 aliphatic heterocycles. The van der Waals surface area contributed by atoms with Gasteiger partial charge in [-0.2, -0.15) is 0 Å². The highest BCUT2D eigenvalue weighted by Crippen LogP contribution is 2.28. The fourth-order valence-electron chi connectivity index (χ4n) is 3.78. The standard InChI is InChI=1S/C25H21ClN2O6S/c1-34-19-12-10-18(11-13-19)28(35(32,33)20-14-8-17(26)9-15-20)23(29)7-4-16-27-24(30)21-5-2-3-6-22(21)25(27)31/h2-3,5-6,8-15H,4,7,16H2,1H3. The third-order valence-corrected chi connectivity index (χ3v) is 7.55. The molecule has 0 saturated carbocycles. The van der Waals surface area contributed by atoms with E-state index in [9.17, 15) is 22.8 Å². The molecule has 0 unspecified atom stereocenters. The average molecular weight is 513 g/mol. The summed E-state index contributed by atoms with van der Waals surface area (Å²) in [5.74, 6) is -1.07. The Bertz CT molecular complexity index is 1350. The van der Waals surface area contributed by atoms with Gasteiger partial charge in [0.15, 0.2) is 0 Å². The van der Waals surface area contributed by atoms with Gasteiger partial charge in [-0.25, -0.2) is 12.7 Å². The largest absolute Gasteiger partial charge is 0.497 e. The minimum absolute atomic E-state index is 0.0183. The summed E-state index contributed by atoms with van der Waals surface area (Å²) in [6.45, 7) is -0.0183. The molecule has 0 fully saturated rings. The lowest BCUT2D eigenvalue weighted by atomic mass is 10.1. The normalized spacial score (nSPS) is 13.0. The van der Waals surface area contributed by atoms with Gasteiger partial charge in [0.2, 0.25) is 5.91 Å². The first-order chi connectivity index (χ1) is 16.7. The van der Waals surface area contributed by atoms with E-state index in [1.807, 2.05) is 0 Å². The van der Waals surface area contributed by atoms with E-state index in [-0.39, 0.29) is 30.0 Å². The van der Waals surface area contributed by atoms with Crippen LogP contribution in [0.5, 0.6) is 5.75 Å². The van der Waals surface area contributed by atoms with E-state index in [2.05, 4.69) is 0 Å². The van der Waals surface area contributed by atoms with Crippen LogP contribution in [0.3, 0.4) is 0 Å². The van der Waals surface area contributed by atoms with Gasteiger partial charge in [-0.1, -0.05) is 23.7 Å². The van der Waals surface area contributed by atoms with Crippen LogP contribution >= 0.6 is 11.6 Å². The molecular formula is C25H21ClN2O6S. The zero-order valence-electron chi connectivity index (χ0n) is 18.7. The van der Waals surface area contributed by atoms with E-state index in [4.69, 9.17) is 16.3 Å². The highest BCUT2D eigenvalue weighted by molar-refractivity contribution is 7.93. The van der Waals surface area contributed by atoms with Crippen LogP contribution in [0.25, 0.3) is 0 Å². The fourth-order valence-corrected chi connectivity index (χ4v) is 5.35. The molecule has 1 aliphatic rings. The molecule has 0 aliphatic carbocycles. The van der Waals surface area contributed by atoms with Crippen LogP contribution < -0.4 is 9.04 Å². The molecule has 35 heavy (non-hydrogen) atoms. The Kier molecular flexibility index (Phi) is 6.90. The first kappa shape index (κ1) is 24.4. The van der Waals surface area contributed by atoms with Crippen molar-refractivity contribution in [2.75, 3.05) is 18.0 Å². The summed E-state index contributed by atoms with van der Waals surface area (Å²) < 4.78 is 32.7. The maximum absolute atomic E-state index is 13.4. The summed E-state index contributed by atoms with van der Waals surface area (Å²) in [6, 6.07) is 18.0. The molecule has 180 valence electrons. The van der Waals surface area contributed by atoms with Crippen molar-refractivity contribution in [3.05, 3.63) is 88.9 Å². The molecule has 0 aromatic heterocycles. The van der Waals surface area contributed by atoms with Gasteiger partial charge in [-0.3, -0.25) is 19.3 Å².